The Morgan fingerprint density at radius 1 is 1.23 bits per heavy atom. The molecule has 1 aliphatic heterocycles. The van der Waals surface area contributed by atoms with Crippen LogP contribution in [0.15, 0.2) is 0 Å². The highest BCUT2D eigenvalue weighted by atomic mass is 28.3. The molecule has 1 saturated heterocycles. The lowest BCUT2D eigenvalue weighted by molar-refractivity contribution is 0.145. The summed E-state index contributed by atoms with van der Waals surface area (Å²) >= 11 is 0. The molecule has 1 aliphatic rings. The second kappa shape index (κ2) is 3.71. The van der Waals surface area contributed by atoms with E-state index in [0.717, 1.165) is 6.17 Å². The molecular formula is C10H24N2Si. The monoisotopic (exact) mass is 200 g/mol. The van der Waals surface area contributed by atoms with Crippen LogP contribution in [0.5, 0.6) is 0 Å². The van der Waals surface area contributed by atoms with Crippen molar-refractivity contribution >= 4 is 8.07 Å². The van der Waals surface area contributed by atoms with E-state index in [1.165, 1.54) is 25.2 Å². The number of hydrogen-bond donors (Lipinski definition) is 1. The Labute approximate surface area is 83.5 Å². The van der Waals surface area contributed by atoms with Crippen LogP contribution in [0.25, 0.3) is 0 Å². The van der Waals surface area contributed by atoms with Gasteiger partial charge in [0.2, 0.25) is 0 Å². The molecule has 0 aromatic heterocycles. The normalized spacial score (nSPS) is 24.7. The molecule has 0 aromatic carbocycles. The number of hydrogen-bond acceptors (Lipinski definition) is 2. The van der Waals surface area contributed by atoms with Crippen LogP contribution in [0.1, 0.15) is 20.8 Å². The predicted molar refractivity (Wildman–Crippen MR) is 61.6 cm³/mol. The van der Waals surface area contributed by atoms with Gasteiger partial charge in [0.25, 0.3) is 0 Å². The highest BCUT2D eigenvalue weighted by Gasteiger charge is 2.34. The Kier molecular flexibility index (Phi) is 3.20. The van der Waals surface area contributed by atoms with Gasteiger partial charge < -0.3 is 5.73 Å². The van der Waals surface area contributed by atoms with Crippen LogP contribution in [0.2, 0.25) is 18.6 Å². The van der Waals surface area contributed by atoms with Gasteiger partial charge in [-0.2, -0.15) is 0 Å². The van der Waals surface area contributed by atoms with Crippen molar-refractivity contribution in [2.45, 2.75) is 44.9 Å². The zero-order valence-corrected chi connectivity index (χ0v) is 10.6. The summed E-state index contributed by atoms with van der Waals surface area (Å²) in [6.45, 7) is 11.9. The van der Waals surface area contributed by atoms with Gasteiger partial charge in [0.1, 0.15) is 0 Å². The molecule has 0 radical (unpaired) electrons. The molecule has 13 heavy (non-hydrogen) atoms. The van der Waals surface area contributed by atoms with Crippen LogP contribution in [-0.2, 0) is 0 Å². The van der Waals surface area contributed by atoms with Gasteiger partial charge in [-0.25, -0.2) is 0 Å². The first-order valence-electron chi connectivity index (χ1n) is 5.32. The summed E-state index contributed by atoms with van der Waals surface area (Å²) in [5, 5.41) is 0. The third-order valence-electron chi connectivity index (χ3n) is 3.41. The average Bonchev–Trinajstić information content (AvgIpc) is 2.04. The molecule has 0 bridgehead atoms. The van der Waals surface area contributed by atoms with Gasteiger partial charge in [-0.3, -0.25) is 4.90 Å². The van der Waals surface area contributed by atoms with E-state index in [4.69, 9.17) is 5.73 Å². The first kappa shape index (κ1) is 11.2. The van der Waals surface area contributed by atoms with E-state index in [1.54, 1.807) is 0 Å². The Balaban J connectivity index is 2.48. The molecule has 1 rings (SSSR count). The van der Waals surface area contributed by atoms with Crippen LogP contribution in [0, 0.1) is 0 Å². The van der Waals surface area contributed by atoms with Gasteiger partial charge >= 0.3 is 0 Å². The minimum atomic E-state index is -0.995. The minimum Gasteiger partial charge on any atom is -0.333 e. The summed E-state index contributed by atoms with van der Waals surface area (Å²) < 4.78 is 0. The van der Waals surface area contributed by atoms with Crippen molar-refractivity contribution in [1.82, 2.24) is 4.90 Å². The lowest BCUT2D eigenvalue weighted by Crippen LogP contribution is -2.54. The maximum atomic E-state index is 5.84. The maximum absolute atomic E-state index is 5.84. The Morgan fingerprint density at radius 3 is 2.00 bits per heavy atom. The third kappa shape index (κ3) is 2.79. The zero-order chi connectivity index (χ0) is 10.1. The van der Waals surface area contributed by atoms with Crippen LogP contribution >= 0.6 is 0 Å². The quantitative estimate of drug-likeness (QED) is 0.653. The van der Waals surface area contributed by atoms with Gasteiger partial charge in [0, 0.05) is 5.54 Å². The first-order chi connectivity index (χ1) is 5.87. The molecule has 0 atom stereocenters. The van der Waals surface area contributed by atoms with Gasteiger partial charge in [-0.1, -0.05) is 6.55 Å². The smallest absolute Gasteiger partial charge is 0.0678 e. The minimum absolute atomic E-state index is 0.352. The molecule has 0 amide bonds. The van der Waals surface area contributed by atoms with Crippen molar-refractivity contribution in [3.63, 3.8) is 0 Å². The lowest BCUT2D eigenvalue weighted by atomic mass is 10.1. The molecular weight excluding hydrogens is 176 g/mol. The van der Waals surface area contributed by atoms with Crippen molar-refractivity contribution in [2.24, 2.45) is 5.73 Å². The van der Waals surface area contributed by atoms with Gasteiger partial charge in [0.15, 0.2) is 0 Å². The van der Waals surface area contributed by atoms with Crippen molar-refractivity contribution in [3.05, 3.63) is 0 Å². The molecule has 2 nitrogen and oxygen atoms in total. The Hall–Kier alpha value is 0.137. The summed E-state index contributed by atoms with van der Waals surface area (Å²) in [5.41, 5.74) is 6.19. The van der Waals surface area contributed by atoms with Crippen LogP contribution in [-0.4, -0.2) is 37.8 Å². The molecule has 0 aliphatic carbocycles. The van der Waals surface area contributed by atoms with Crippen LogP contribution in [0.4, 0.5) is 0 Å². The zero-order valence-electron chi connectivity index (χ0n) is 9.56. The second-order valence-electron chi connectivity index (χ2n) is 5.67. The largest absolute Gasteiger partial charge is 0.333 e. The first-order valence-corrected chi connectivity index (χ1v) is 8.45. The second-order valence-corrected chi connectivity index (χ2v) is 10.7. The summed E-state index contributed by atoms with van der Waals surface area (Å²) in [5.74, 6) is 0. The van der Waals surface area contributed by atoms with E-state index in [9.17, 15) is 0 Å². The van der Waals surface area contributed by atoms with E-state index in [2.05, 4.69) is 32.2 Å². The summed E-state index contributed by atoms with van der Waals surface area (Å²) in [6.07, 6.45) is 0.977. The maximum Gasteiger partial charge on any atom is 0.0678 e. The fourth-order valence-corrected chi connectivity index (χ4v) is 4.20. The molecule has 0 aromatic rings. The fourth-order valence-electron chi connectivity index (χ4n) is 1.92. The summed E-state index contributed by atoms with van der Waals surface area (Å²) in [6, 6.07) is 2.78. The van der Waals surface area contributed by atoms with E-state index in [1.807, 2.05) is 0 Å². The Bertz CT molecular complexity index is 166. The number of rotatable bonds is 1. The SMILES string of the molecule is CC(C)(C)N1CC[Si](C)(CN)CC1. The molecule has 0 unspecified atom stereocenters. The predicted octanol–water partition coefficient (Wildman–Crippen LogP) is 1.68. The molecule has 1 fully saturated rings. The number of nitrogens with two attached hydrogens (primary N) is 1. The molecule has 1 heterocycles. The fraction of sp³-hybridized carbons (Fsp3) is 1.00. The molecule has 2 N–H and O–H groups in total. The van der Waals surface area contributed by atoms with Gasteiger partial charge in [-0.15, -0.1) is 0 Å². The topological polar surface area (TPSA) is 29.3 Å². The van der Waals surface area contributed by atoms with E-state index in [-0.39, 0.29) is 0 Å². The third-order valence-corrected chi connectivity index (χ3v) is 7.26. The van der Waals surface area contributed by atoms with Crippen molar-refractivity contribution < 1.29 is 0 Å². The summed E-state index contributed by atoms with van der Waals surface area (Å²) in [7, 11) is -0.995. The Morgan fingerprint density at radius 2 is 1.69 bits per heavy atom. The summed E-state index contributed by atoms with van der Waals surface area (Å²) in [4.78, 5) is 2.59. The van der Waals surface area contributed by atoms with E-state index < -0.39 is 8.07 Å². The van der Waals surface area contributed by atoms with Crippen LogP contribution < -0.4 is 5.73 Å². The molecule has 0 spiro atoms. The van der Waals surface area contributed by atoms with E-state index in [0.29, 0.717) is 5.54 Å². The van der Waals surface area contributed by atoms with Crippen molar-refractivity contribution in [3.8, 4) is 0 Å². The number of nitrogens with zero attached hydrogens (tertiary/aromatic N) is 1. The van der Waals surface area contributed by atoms with E-state index >= 15 is 0 Å². The van der Waals surface area contributed by atoms with Crippen molar-refractivity contribution in [1.29, 1.82) is 0 Å². The standard InChI is InChI=1S/C10H24N2Si/c1-10(2,3)12-5-7-13(4,9-11)8-6-12/h5-9,11H2,1-4H3. The lowest BCUT2D eigenvalue weighted by Gasteiger charge is -2.44. The molecule has 78 valence electrons. The van der Waals surface area contributed by atoms with Crippen LogP contribution in [0.3, 0.4) is 0 Å². The highest BCUT2D eigenvalue weighted by Crippen LogP contribution is 2.26. The van der Waals surface area contributed by atoms with Gasteiger partial charge in [0.05, 0.1) is 8.07 Å². The molecule has 0 saturated carbocycles. The van der Waals surface area contributed by atoms with Crippen molar-refractivity contribution in [2.75, 3.05) is 19.3 Å². The molecule has 3 heteroatoms. The average molecular weight is 200 g/mol. The highest BCUT2D eigenvalue weighted by molar-refractivity contribution is 6.79. The van der Waals surface area contributed by atoms with Gasteiger partial charge in [-0.05, 0) is 52.1 Å².